The van der Waals surface area contributed by atoms with Crippen LogP contribution in [0.15, 0.2) is 21.3 Å². The number of carbonyl (C=O) groups excluding carboxylic acids is 1. The molecule has 0 radical (unpaired) electrons. The summed E-state index contributed by atoms with van der Waals surface area (Å²) in [6.45, 7) is 2.75. The van der Waals surface area contributed by atoms with Crippen molar-refractivity contribution < 1.29 is 14.1 Å². The summed E-state index contributed by atoms with van der Waals surface area (Å²) in [4.78, 5) is 16.0. The lowest BCUT2D eigenvalue weighted by Crippen LogP contribution is -2.33. The summed E-state index contributed by atoms with van der Waals surface area (Å²) in [7, 11) is 1.66. The summed E-state index contributed by atoms with van der Waals surface area (Å²) in [5.74, 6) is 1.03. The molecule has 22 heavy (non-hydrogen) atoms. The van der Waals surface area contributed by atoms with Crippen LogP contribution >= 0.6 is 11.3 Å². The van der Waals surface area contributed by atoms with Crippen LogP contribution < -0.4 is 10.6 Å². The van der Waals surface area contributed by atoms with Gasteiger partial charge in [0.2, 0.25) is 17.6 Å². The molecule has 0 spiro atoms. The van der Waals surface area contributed by atoms with Crippen LogP contribution in [0.2, 0.25) is 0 Å². The first-order valence-electron chi connectivity index (χ1n) is 7.11. The molecule has 0 saturated carbocycles. The maximum atomic E-state index is 11.7. The first-order chi connectivity index (χ1) is 10.8. The van der Waals surface area contributed by atoms with Crippen molar-refractivity contribution in [3.8, 4) is 11.4 Å². The lowest BCUT2D eigenvalue weighted by atomic mass is 10.3. The van der Waals surface area contributed by atoms with Crippen molar-refractivity contribution in [3.63, 3.8) is 0 Å². The van der Waals surface area contributed by atoms with E-state index in [1.807, 2.05) is 16.8 Å². The summed E-state index contributed by atoms with van der Waals surface area (Å²) in [5, 5.41) is 13.8. The maximum absolute atomic E-state index is 11.7. The number of aromatic nitrogens is 2. The number of aryl methyl sites for hydroxylation is 1. The van der Waals surface area contributed by atoms with E-state index in [0.29, 0.717) is 37.7 Å². The van der Waals surface area contributed by atoms with E-state index in [0.717, 1.165) is 18.7 Å². The number of hydrogen-bond donors (Lipinski definition) is 2. The Hall–Kier alpha value is -1.77. The fourth-order valence-electron chi connectivity index (χ4n) is 1.76. The van der Waals surface area contributed by atoms with Crippen molar-refractivity contribution in [2.24, 2.45) is 0 Å². The number of thiophene rings is 1. The van der Waals surface area contributed by atoms with Gasteiger partial charge < -0.3 is 19.9 Å². The molecular weight excluding hydrogens is 304 g/mol. The summed E-state index contributed by atoms with van der Waals surface area (Å²) < 4.78 is 10.1. The smallest absolute Gasteiger partial charge is 0.227 e. The molecule has 0 aliphatic heterocycles. The van der Waals surface area contributed by atoms with Crippen molar-refractivity contribution in [1.29, 1.82) is 0 Å². The second kappa shape index (κ2) is 9.29. The van der Waals surface area contributed by atoms with Gasteiger partial charge in [-0.05, 0) is 11.4 Å². The molecule has 0 fully saturated rings. The van der Waals surface area contributed by atoms with Crippen LogP contribution in [0.4, 0.5) is 0 Å². The van der Waals surface area contributed by atoms with Gasteiger partial charge in [-0.2, -0.15) is 16.3 Å². The molecule has 2 aromatic rings. The fourth-order valence-corrected chi connectivity index (χ4v) is 2.40. The molecule has 0 saturated heterocycles. The third-order valence-corrected chi connectivity index (χ3v) is 3.60. The van der Waals surface area contributed by atoms with Crippen molar-refractivity contribution in [3.05, 3.63) is 22.7 Å². The topological polar surface area (TPSA) is 89.3 Å². The van der Waals surface area contributed by atoms with E-state index in [1.54, 1.807) is 18.4 Å². The largest absolute Gasteiger partial charge is 0.383 e. The average molecular weight is 324 g/mol. The first-order valence-corrected chi connectivity index (χ1v) is 8.05. The van der Waals surface area contributed by atoms with Crippen molar-refractivity contribution >= 4 is 17.2 Å². The second-order valence-electron chi connectivity index (χ2n) is 4.62. The minimum atomic E-state index is -0.0242. The van der Waals surface area contributed by atoms with Gasteiger partial charge in [-0.3, -0.25) is 4.79 Å². The molecule has 0 bridgehead atoms. The number of nitrogens with zero attached hydrogens (tertiary/aromatic N) is 2. The van der Waals surface area contributed by atoms with Gasteiger partial charge in [0.1, 0.15) is 0 Å². The molecule has 2 N–H and O–H groups in total. The highest BCUT2D eigenvalue weighted by Gasteiger charge is 2.10. The quantitative estimate of drug-likeness (QED) is 0.636. The predicted octanol–water partition coefficient (Wildman–Crippen LogP) is 1.08. The van der Waals surface area contributed by atoms with Crippen LogP contribution in [-0.4, -0.2) is 49.4 Å². The van der Waals surface area contributed by atoms with Gasteiger partial charge in [0, 0.05) is 50.5 Å². The molecular formula is C14H20N4O3S. The molecule has 2 aromatic heterocycles. The molecule has 2 heterocycles. The molecule has 120 valence electrons. The number of carbonyl (C=O) groups is 1. The molecule has 0 atom stereocenters. The van der Waals surface area contributed by atoms with Crippen LogP contribution in [0, 0.1) is 0 Å². The van der Waals surface area contributed by atoms with E-state index in [-0.39, 0.29) is 5.91 Å². The van der Waals surface area contributed by atoms with Gasteiger partial charge >= 0.3 is 0 Å². The predicted molar refractivity (Wildman–Crippen MR) is 83.7 cm³/mol. The highest BCUT2D eigenvalue weighted by atomic mass is 32.1. The Morgan fingerprint density at radius 2 is 2.32 bits per heavy atom. The van der Waals surface area contributed by atoms with E-state index in [9.17, 15) is 4.79 Å². The summed E-state index contributed by atoms with van der Waals surface area (Å²) >= 11 is 1.58. The van der Waals surface area contributed by atoms with Crippen LogP contribution in [0.1, 0.15) is 12.3 Å². The Bertz CT molecular complexity index is 556. The van der Waals surface area contributed by atoms with Gasteiger partial charge in [0.05, 0.1) is 6.61 Å². The second-order valence-corrected chi connectivity index (χ2v) is 5.40. The number of ether oxygens (including phenoxy) is 1. The SMILES string of the molecule is COCCNCCNC(=O)CCc1nc(-c2ccsc2)no1. The molecule has 0 unspecified atom stereocenters. The molecule has 0 aliphatic carbocycles. The standard InChI is InChI=1S/C14H20N4O3S/c1-20-8-7-15-5-6-16-12(19)2-3-13-17-14(18-21-13)11-4-9-22-10-11/h4,9-10,15H,2-3,5-8H2,1H3,(H,16,19). The number of rotatable bonds is 10. The maximum Gasteiger partial charge on any atom is 0.227 e. The van der Waals surface area contributed by atoms with Crippen molar-refractivity contribution in [2.45, 2.75) is 12.8 Å². The Kier molecular flexibility index (Phi) is 7.01. The Labute approximate surface area is 133 Å². The van der Waals surface area contributed by atoms with Crippen LogP contribution in [0.25, 0.3) is 11.4 Å². The highest BCUT2D eigenvalue weighted by Crippen LogP contribution is 2.18. The Balaban J connectivity index is 1.62. The molecule has 0 aromatic carbocycles. The molecule has 7 nitrogen and oxygen atoms in total. The minimum absolute atomic E-state index is 0.0242. The van der Waals surface area contributed by atoms with E-state index in [2.05, 4.69) is 20.8 Å². The van der Waals surface area contributed by atoms with Gasteiger partial charge in [0.25, 0.3) is 0 Å². The third kappa shape index (κ3) is 5.55. The monoisotopic (exact) mass is 324 g/mol. The van der Waals surface area contributed by atoms with E-state index < -0.39 is 0 Å². The zero-order valence-corrected chi connectivity index (χ0v) is 13.3. The lowest BCUT2D eigenvalue weighted by molar-refractivity contribution is -0.121. The lowest BCUT2D eigenvalue weighted by Gasteiger charge is -2.05. The normalized spacial score (nSPS) is 10.8. The zero-order valence-electron chi connectivity index (χ0n) is 12.5. The number of amides is 1. The third-order valence-electron chi connectivity index (χ3n) is 2.92. The van der Waals surface area contributed by atoms with E-state index >= 15 is 0 Å². The Morgan fingerprint density at radius 1 is 1.41 bits per heavy atom. The first kappa shape index (κ1) is 16.6. The Morgan fingerprint density at radius 3 is 3.09 bits per heavy atom. The number of nitrogens with one attached hydrogen (secondary N) is 2. The van der Waals surface area contributed by atoms with Gasteiger partial charge in [-0.25, -0.2) is 0 Å². The van der Waals surface area contributed by atoms with Crippen LogP contribution in [-0.2, 0) is 16.0 Å². The van der Waals surface area contributed by atoms with E-state index in [1.165, 1.54) is 0 Å². The molecule has 1 amide bonds. The van der Waals surface area contributed by atoms with Gasteiger partial charge in [-0.1, -0.05) is 5.16 Å². The van der Waals surface area contributed by atoms with Gasteiger partial charge in [-0.15, -0.1) is 0 Å². The summed E-state index contributed by atoms with van der Waals surface area (Å²) in [5.41, 5.74) is 0.937. The number of hydrogen-bond acceptors (Lipinski definition) is 7. The van der Waals surface area contributed by atoms with Crippen LogP contribution in [0.5, 0.6) is 0 Å². The molecule has 2 rings (SSSR count). The van der Waals surface area contributed by atoms with Gasteiger partial charge in [0.15, 0.2) is 0 Å². The summed E-state index contributed by atoms with van der Waals surface area (Å²) in [6, 6.07) is 1.93. The molecule has 8 heteroatoms. The minimum Gasteiger partial charge on any atom is -0.383 e. The van der Waals surface area contributed by atoms with Crippen LogP contribution in [0.3, 0.4) is 0 Å². The number of methoxy groups -OCH3 is 1. The van der Waals surface area contributed by atoms with Crippen molar-refractivity contribution in [2.75, 3.05) is 33.4 Å². The summed E-state index contributed by atoms with van der Waals surface area (Å²) in [6.07, 6.45) is 0.781. The average Bonchev–Trinajstić information content (AvgIpc) is 3.19. The zero-order chi connectivity index (χ0) is 15.6. The highest BCUT2D eigenvalue weighted by molar-refractivity contribution is 7.08. The fraction of sp³-hybridized carbons (Fsp3) is 0.500. The van der Waals surface area contributed by atoms with E-state index in [4.69, 9.17) is 9.26 Å². The molecule has 0 aliphatic rings. The van der Waals surface area contributed by atoms with Crippen molar-refractivity contribution in [1.82, 2.24) is 20.8 Å².